The lowest BCUT2D eigenvalue weighted by Gasteiger charge is -2.10. The number of aryl methyl sites for hydroxylation is 1. The van der Waals surface area contributed by atoms with Gasteiger partial charge in [-0.05, 0) is 12.5 Å². The molecule has 0 spiro atoms. The number of hydrogen-bond acceptors (Lipinski definition) is 2. The Kier molecular flexibility index (Phi) is 5.10. The van der Waals surface area contributed by atoms with Gasteiger partial charge in [0.2, 0.25) is 5.91 Å². The van der Waals surface area contributed by atoms with Crippen molar-refractivity contribution in [2.24, 2.45) is 11.7 Å². The van der Waals surface area contributed by atoms with Crippen molar-refractivity contribution >= 4 is 23.1 Å². The molecule has 0 aromatic heterocycles. The molecule has 0 bridgehead atoms. The van der Waals surface area contributed by atoms with Crippen molar-refractivity contribution in [1.82, 2.24) is 5.32 Å². The molecule has 0 saturated carbocycles. The third-order valence-corrected chi connectivity index (χ3v) is 2.99. The second kappa shape index (κ2) is 6.35. The Morgan fingerprint density at radius 3 is 2.53 bits per heavy atom. The highest BCUT2D eigenvalue weighted by Gasteiger charge is 2.10. The first-order chi connectivity index (χ1) is 7.99. The van der Waals surface area contributed by atoms with Crippen LogP contribution in [0.25, 0.3) is 0 Å². The predicted octanol–water partition coefficient (Wildman–Crippen LogP) is 1.92. The molecule has 1 amide bonds. The molecule has 1 atom stereocenters. The molecule has 3 nitrogen and oxygen atoms in total. The van der Waals surface area contributed by atoms with Gasteiger partial charge in [-0.3, -0.25) is 4.79 Å². The van der Waals surface area contributed by atoms with Gasteiger partial charge in [-0.2, -0.15) is 0 Å². The summed E-state index contributed by atoms with van der Waals surface area (Å²) in [6.45, 7) is 4.43. The molecule has 1 aromatic rings. The van der Waals surface area contributed by atoms with Crippen LogP contribution >= 0.6 is 12.2 Å². The van der Waals surface area contributed by atoms with Gasteiger partial charge in [0.15, 0.2) is 0 Å². The number of benzene rings is 1. The van der Waals surface area contributed by atoms with Crippen molar-refractivity contribution in [1.29, 1.82) is 0 Å². The summed E-state index contributed by atoms with van der Waals surface area (Å²) in [6.07, 6.45) is 0.348. The van der Waals surface area contributed by atoms with Gasteiger partial charge in [0.25, 0.3) is 0 Å². The molecular weight excluding hydrogens is 232 g/mol. The fraction of sp³-hybridized carbons (Fsp3) is 0.385. The first-order valence-electron chi connectivity index (χ1n) is 5.60. The number of rotatable bonds is 5. The molecule has 0 aliphatic rings. The highest BCUT2D eigenvalue weighted by molar-refractivity contribution is 7.80. The first-order valence-corrected chi connectivity index (χ1v) is 6.01. The van der Waals surface area contributed by atoms with E-state index in [-0.39, 0.29) is 11.8 Å². The SMILES string of the molecule is Cc1ccc(CNC(=O)CC(C)C(N)=S)cc1. The molecule has 1 rings (SSSR count). The van der Waals surface area contributed by atoms with E-state index in [0.717, 1.165) is 5.56 Å². The number of amides is 1. The van der Waals surface area contributed by atoms with Crippen LogP contribution in [0.15, 0.2) is 24.3 Å². The quantitative estimate of drug-likeness (QED) is 0.785. The first kappa shape index (κ1) is 13.6. The van der Waals surface area contributed by atoms with Gasteiger partial charge in [0, 0.05) is 18.9 Å². The second-order valence-electron chi connectivity index (χ2n) is 4.27. The summed E-state index contributed by atoms with van der Waals surface area (Å²) in [7, 11) is 0. The summed E-state index contributed by atoms with van der Waals surface area (Å²) in [4.78, 5) is 12.0. The second-order valence-corrected chi connectivity index (χ2v) is 4.74. The number of carbonyl (C=O) groups excluding carboxylic acids is 1. The van der Waals surface area contributed by atoms with Crippen molar-refractivity contribution in [3.8, 4) is 0 Å². The number of thiocarbonyl (C=S) groups is 1. The fourth-order valence-corrected chi connectivity index (χ4v) is 1.44. The van der Waals surface area contributed by atoms with Crippen LogP contribution in [-0.4, -0.2) is 10.9 Å². The third-order valence-electron chi connectivity index (χ3n) is 2.59. The number of nitrogens with one attached hydrogen (secondary N) is 1. The summed E-state index contributed by atoms with van der Waals surface area (Å²) >= 11 is 4.83. The van der Waals surface area contributed by atoms with E-state index in [2.05, 4.69) is 5.32 Å². The maximum absolute atomic E-state index is 11.6. The van der Waals surface area contributed by atoms with E-state index in [9.17, 15) is 4.79 Å². The Hall–Kier alpha value is -1.42. The Balaban J connectivity index is 2.38. The maximum Gasteiger partial charge on any atom is 0.220 e. The van der Waals surface area contributed by atoms with Crippen LogP contribution in [0.1, 0.15) is 24.5 Å². The molecule has 1 aromatic carbocycles. The lowest BCUT2D eigenvalue weighted by molar-refractivity contribution is -0.121. The summed E-state index contributed by atoms with van der Waals surface area (Å²) in [5.74, 6) is -0.0751. The van der Waals surface area contributed by atoms with Gasteiger partial charge in [-0.15, -0.1) is 0 Å². The van der Waals surface area contributed by atoms with Crippen molar-refractivity contribution in [2.75, 3.05) is 0 Å². The van der Waals surface area contributed by atoms with Gasteiger partial charge < -0.3 is 11.1 Å². The van der Waals surface area contributed by atoms with Gasteiger partial charge in [0.1, 0.15) is 0 Å². The Morgan fingerprint density at radius 2 is 2.00 bits per heavy atom. The van der Waals surface area contributed by atoms with Crippen molar-refractivity contribution in [3.05, 3.63) is 35.4 Å². The minimum Gasteiger partial charge on any atom is -0.393 e. The van der Waals surface area contributed by atoms with Crippen molar-refractivity contribution < 1.29 is 4.79 Å². The van der Waals surface area contributed by atoms with E-state index in [1.165, 1.54) is 5.56 Å². The lowest BCUT2D eigenvalue weighted by Crippen LogP contribution is -2.28. The lowest BCUT2D eigenvalue weighted by atomic mass is 10.1. The van der Waals surface area contributed by atoms with Crippen molar-refractivity contribution in [2.45, 2.75) is 26.8 Å². The van der Waals surface area contributed by atoms with Crippen LogP contribution in [0.5, 0.6) is 0 Å². The van der Waals surface area contributed by atoms with Crippen LogP contribution in [0.2, 0.25) is 0 Å². The van der Waals surface area contributed by atoms with Crippen LogP contribution in [-0.2, 0) is 11.3 Å². The van der Waals surface area contributed by atoms with Gasteiger partial charge in [0.05, 0.1) is 4.99 Å². The van der Waals surface area contributed by atoms with Crippen LogP contribution in [0.3, 0.4) is 0 Å². The number of hydrogen-bond donors (Lipinski definition) is 2. The largest absolute Gasteiger partial charge is 0.393 e. The third kappa shape index (κ3) is 4.95. The monoisotopic (exact) mass is 250 g/mol. The highest BCUT2D eigenvalue weighted by atomic mass is 32.1. The molecule has 0 aliphatic heterocycles. The van der Waals surface area contributed by atoms with E-state index in [1.807, 2.05) is 38.1 Å². The summed E-state index contributed by atoms with van der Waals surface area (Å²) in [5.41, 5.74) is 7.76. The zero-order chi connectivity index (χ0) is 12.8. The molecule has 17 heavy (non-hydrogen) atoms. The molecule has 0 heterocycles. The van der Waals surface area contributed by atoms with Gasteiger partial charge in [-0.1, -0.05) is 49.0 Å². The molecule has 0 aliphatic carbocycles. The topological polar surface area (TPSA) is 55.1 Å². The molecule has 3 N–H and O–H groups in total. The van der Waals surface area contributed by atoms with E-state index >= 15 is 0 Å². The molecule has 1 unspecified atom stereocenters. The molecule has 0 radical (unpaired) electrons. The van der Waals surface area contributed by atoms with Crippen molar-refractivity contribution in [3.63, 3.8) is 0 Å². The zero-order valence-electron chi connectivity index (χ0n) is 10.2. The Bertz CT molecular complexity index is 400. The van der Waals surface area contributed by atoms with E-state index in [1.54, 1.807) is 0 Å². The molecule has 4 heteroatoms. The number of nitrogens with two attached hydrogens (primary N) is 1. The van der Waals surface area contributed by atoms with Crippen LogP contribution in [0, 0.1) is 12.8 Å². The smallest absolute Gasteiger partial charge is 0.220 e. The van der Waals surface area contributed by atoms with Gasteiger partial charge in [-0.25, -0.2) is 0 Å². The van der Waals surface area contributed by atoms with E-state index in [4.69, 9.17) is 18.0 Å². The minimum atomic E-state index is -0.0528. The zero-order valence-corrected chi connectivity index (χ0v) is 11.0. The molecule has 92 valence electrons. The Morgan fingerprint density at radius 1 is 1.41 bits per heavy atom. The van der Waals surface area contributed by atoms with Crippen LogP contribution in [0.4, 0.5) is 0 Å². The average molecular weight is 250 g/mol. The average Bonchev–Trinajstić information content (AvgIpc) is 2.28. The number of carbonyl (C=O) groups is 1. The fourth-order valence-electron chi connectivity index (χ4n) is 1.36. The summed E-state index contributed by atoms with van der Waals surface area (Å²) in [5, 5.41) is 2.85. The maximum atomic E-state index is 11.6. The summed E-state index contributed by atoms with van der Waals surface area (Å²) in [6, 6.07) is 8.07. The molecule has 0 fully saturated rings. The normalized spacial score (nSPS) is 11.9. The van der Waals surface area contributed by atoms with E-state index in [0.29, 0.717) is 18.0 Å². The summed E-state index contributed by atoms with van der Waals surface area (Å²) < 4.78 is 0. The van der Waals surface area contributed by atoms with Gasteiger partial charge >= 0.3 is 0 Å². The standard InChI is InChI=1S/C13H18N2OS/c1-9-3-5-11(6-4-9)8-15-12(16)7-10(2)13(14)17/h3-6,10H,7-8H2,1-2H3,(H2,14,17)(H,15,16). The highest BCUT2D eigenvalue weighted by Crippen LogP contribution is 2.04. The van der Waals surface area contributed by atoms with E-state index < -0.39 is 0 Å². The predicted molar refractivity (Wildman–Crippen MR) is 73.6 cm³/mol. The Labute approximate surface area is 107 Å². The molecule has 0 saturated heterocycles. The minimum absolute atomic E-state index is 0.0223. The molecular formula is C13H18N2OS. The van der Waals surface area contributed by atoms with Crippen LogP contribution < -0.4 is 11.1 Å².